The Bertz CT molecular complexity index is 719. The van der Waals surface area contributed by atoms with Crippen molar-refractivity contribution >= 4 is 11.9 Å². The Labute approximate surface area is 128 Å². The van der Waals surface area contributed by atoms with Gasteiger partial charge in [0.25, 0.3) is 5.91 Å². The highest BCUT2D eigenvalue weighted by Gasteiger charge is 2.13. The van der Waals surface area contributed by atoms with E-state index in [9.17, 15) is 9.59 Å². The third-order valence-corrected chi connectivity index (χ3v) is 3.55. The Morgan fingerprint density at radius 3 is 2.55 bits per heavy atom. The summed E-state index contributed by atoms with van der Waals surface area (Å²) in [6, 6.07) is 8.42. The molecule has 1 aromatic carbocycles. The van der Waals surface area contributed by atoms with Crippen LogP contribution >= 0.6 is 0 Å². The maximum Gasteiger partial charge on any atom is 0.339 e. The summed E-state index contributed by atoms with van der Waals surface area (Å²) in [5.74, 6) is -0.980. The van der Waals surface area contributed by atoms with Crippen LogP contribution in [-0.4, -0.2) is 28.7 Å². The lowest BCUT2D eigenvalue weighted by atomic mass is 10.1. The van der Waals surface area contributed by atoms with Crippen LogP contribution in [0.5, 0.6) is 5.75 Å². The van der Waals surface area contributed by atoms with Crippen molar-refractivity contribution in [3.8, 4) is 5.75 Å². The molecule has 2 rings (SSSR count). The molecule has 0 saturated heterocycles. The standard InChI is InChI=1S/C16H18N2O4/c1-10-4-6-13(18(10)2)15(19)17-9-11-5-7-14(22-3)12(8-11)16(20)21/h4-8H,9H2,1-3H3,(H,17,19)(H,20,21). The zero-order valence-electron chi connectivity index (χ0n) is 12.7. The molecule has 6 heteroatoms. The third-order valence-electron chi connectivity index (χ3n) is 3.55. The fraction of sp³-hybridized carbons (Fsp3) is 0.250. The van der Waals surface area contributed by atoms with E-state index < -0.39 is 5.97 Å². The van der Waals surface area contributed by atoms with Gasteiger partial charge in [0.15, 0.2) is 0 Å². The number of carbonyl (C=O) groups is 2. The topological polar surface area (TPSA) is 80.6 Å². The van der Waals surface area contributed by atoms with E-state index in [0.717, 1.165) is 5.69 Å². The molecule has 2 aromatic rings. The lowest BCUT2D eigenvalue weighted by Gasteiger charge is -2.10. The number of benzene rings is 1. The van der Waals surface area contributed by atoms with Crippen LogP contribution in [0.3, 0.4) is 0 Å². The number of carboxylic acid groups (broad SMARTS) is 1. The first-order chi connectivity index (χ1) is 10.4. The van der Waals surface area contributed by atoms with Gasteiger partial charge in [-0.15, -0.1) is 0 Å². The second-order valence-corrected chi connectivity index (χ2v) is 4.94. The second-order valence-electron chi connectivity index (χ2n) is 4.94. The molecule has 0 fully saturated rings. The zero-order chi connectivity index (χ0) is 16.3. The predicted octanol–water partition coefficient (Wildman–Crippen LogP) is 1.97. The van der Waals surface area contributed by atoms with E-state index in [2.05, 4.69) is 5.32 Å². The molecule has 0 saturated carbocycles. The van der Waals surface area contributed by atoms with Crippen molar-refractivity contribution in [2.45, 2.75) is 13.5 Å². The fourth-order valence-corrected chi connectivity index (χ4v) is 2.15. The van der Waals surface area contributed by atoms with Crippen molar-refractivity contribution in [2.24, 2.45) is 7.05 Å². The third kappa shape index (κ3) is 3.11. The average molecular weight is 302 g/mol. The number of nitrogens with zero attached hydrogens (tertiary/aromatic N) is 1. The van der Waals surface area contributed by atoms with Crippen LogP contribution in [0.2, 0.25) is 0 Å². The first-order valence-electron chi connectivity index (χ1n) is 6.74. The van der Waals surface area contributed by atoms with Crippen molar-refractivity contribution in [1.82, 2.24) is 9.88 Å². The van der Waals surface area contributed by atoms with Crippen molar-refractivity contribution in [2.75, 3.05) is 7.11 Å². The summed E-state index contributed by atoms with van der Waals surface area (Å²) in [4.78, 5) is 23.3. The van der Waals surface area contributed by atoms with Crippen molar-refractivity contribution < 1.29 is 19.4 Å². The molecule has 0 aliphatic heterocycles. The van der Waals surface area contributed by atoms with E-state index in [-0.39, 0.29) is 18.0 Å². The van der Waals surface area contributed by atoms with Crippen molar-refractivity contribution in [3.05, 3.63) is 52.8 Å². The molecule has 2 N–H and O–H groups in total. The van der Waals surface area contributed by atoms with Crippen LogP contribution in [0.25, 0.3) is 0 Å². The minimum atomic E-state index is -1.07. The molecule has 0 bridgehead atoms. The highest BCUT2D eigenvalue weighted by atomic mass is 16.5. The second kappa shape index (κ2) is 6.34. The molecular weight excluding hydrogens is 284 g/mol. The van der Waals surface area contributed by atoms with Crippen molar-refractivity contribution in [3.63, 3.8) is 0 Å². The summed E-state index contributed by atoms with van der Waals surface area (Å²) in [7, 11) is 3.24. The number of hydrogen-bond donors (Lipinski definition) is 2. The zero-order valence-corrected chi connectivity index (χ0v) is 12.7. The Morgan fingerprint density at radius 2 is 2.00 bits per heavy atom. The highest BCUT2D eigenvalue weighted by molar-refractivity contribution is 5.93. The van der Waals surface area contributed by atoms with Crippen LogP contribution in [0, 0.1) is 6.92 Å². The molecule has 0 unspecified atom stereocenters. The lowest BCUT2D eigenvalue weighted by Crippen LogP contribution is -2.25. The Kier molecular flexibility index (Phi) is 4.50. The Hall–Kier alpha value is -2.76. The molecule has 1 amide bonds. The largest absolute Gasteiger partial charge is 0.496 e. The number of carboxylic acids is 1. The number of rotatable bonds is 5. The molecular formula is C16H18N2O4. The summed E-state index contributed by atoms with van der Waals surface area (Å²) >= 11 is 0. The Morgan fingerprint density at radius 1 is 1.27 bits per heavy atom. The molecule has 0 atom stereocenters. The average Bonchev–Trinajstić information content (AvgIpc) is 2.84. The van der Waals surface area contributed by atoms with Gasteiger partial charge in [0.05, 0.1) is 7.11 Å². The van der Waals surface area contributed by atoms with Crippen LogP contribution in [0.1, 0.15) is 32.1 Å². The van der Waals surface area contributed by atoms with Gasteiger partial charge in [0.1, 0.15) is 17.0 Å². The number of hydrogen-bond acceptors (Lipinski definition) is 3. The van der Waals surface area contributed by atoms with E-state index in [1.54, 1.807) is 22.8 Å². The first-order valence-corrected chi connectivity index (χ1v) is 6.74. The summed E-state index contributed by atoms with van der Waals surface area (Å²) in [6.07, 6.45) is 0. The van der Waals surface area contributed by atoms with E-state index >= 15 is 0 Å². The molecule has 0 aliphatic rings. The van der Waals surface area contributed by atoms with E-state index in [1.807, 2.05) is 20.0 Å². The summed E-state index contributed by atoms with van der Waals surface area (Å²) in [5, 5.41) is 11.9. The van der Waals surface area contributed by atoms with Gasteiger partial charge in [0.2, 0.25) is 0 Å². The maximum absolute atomic E-state index is 12.1. The number of aryl methyl sites for hydroxylation is 1. The number of nitrogens with one attached hydrogen (secondary N) is 1. The van der Waals surface area contributed by atoms with Gasteiger partial charge in [0, 0.05) is 19.3 Å². The smallest absolute Gasteiger partial charge is 0.339 e. The van der Waals surface area contributed by atoms with Crippen molar-refractivity contribution in [1.29, 1.82) is 0 Å². The molecule has 1 heterocycles. The first kappa shape index (κ1) is 15.6. The molecule has 0 radical (unpaired) electrons. The van der Waals surface area contributed by atoms with E-state index in [0.29, 0.717) is 17.0 Å². The number of ether oxygens (including phenoxy) is 1. The number of amides is 1. The number of aromatic nitrogens is 1. The SMILES string of the molecule is COc1ccc(CNC(=O)c2ccc(C)n2C)cc1C(=O)O. The van der Waals surface area contributed by atoms with Gasteiger partial charge < -0.3 is 19.7 Å². The predicted molar refractivity (Wildman–Crippen MR) is 81.3 cm³/mol. The number of aromatic carboxylic acids is 1. The molecule has 0 spiro atoms. The number of carbonyl (C=O) groups excluding carboxylic acids is 1. The van der Waals surface area contributed by atoms with Gasteiger partial charge in [-0.05, 0) is 36.8 Å². The summed E-state index contributed by atoms with van der Waals surface area (Å²) in [6.45, 7) is 2.16. The van der Waals surface area contributed by atoms with Gasteiger partial charge >= 0.3 is 5.97 Å². The van der Waals surface area contributed by atoms with Gasteiger partial charge in [-0.1, -0.05) is 6.07 Å². The van der Waals surface area contributed by atoms with Gasteiger partial charge in [-0.2, -0.15) is 0 Å². The molecule has 22 heavy (non-hydrogen) atoms. The molecule has 6 nitrogen and oxygen atoms in total. The van der Waals surface area contributed by atoms with E-state index in [4.69, 9.17) is 9.84 Å². The molecule has 1 aromatic heterocycles. The maximum atomic E-state index is 12.1. The lowest BCUT2D eigenvalue weighted by molar-refractivity contribution is 0.0693. The molecule has 0 aliphatic carbocycles. The van der Waals surface area contributed by atoms with E-state index in [1.165, 1.54) is 13.2 Å². The van der Waals surface area contributed by atoms with Crippen LogP contribution < -0.4 is 10.1 Å². The Balaban J connectivity index is 2.12. The monoisotopic (exact) mass is 302 g/mol. The van der Waals surface area contributed by atoms with Crippen LogP contribution in [0.15, 0.2) is 30.3 Å². The quantitative estimate of drug-likeness (QED) is 0.885. The summed E-state index contributed by atoms with van der Waals surface area (Å²) in [5.41, 5.74) is 2.31. The summed E-state index contributed by atoms with van der Waals surface area (Å²) < 4.78 is 6.80. The normalized spacial score (nSPS) is 10.3. The minimum Gasteiger partial charge on any atom is -0.496 e. The van der Waals surface area contributed by atoms with Crippen LogP contribution in [-0.2, 0) is 13.6 Å². The van der Waals surface area contributed by atoms with Crippen LogP contribution in [0.4, 0.5) is 0 Å². The fourth-order valence-electron chi connectivity index (χ4n) is 2.15. The minimum absolute atomic E-state index is 0.0731. The molecule has 116 valence electrons. The highest BCUT2D eigenvalue weighted by Crippen LogP contribution is 2.20. The van der Waals surface area contributed by atoms with Gasteiger partial charge in [-0.3, -0.25) is 4.79 Å². The number of methoxy groups -OCH3 is 1. The van der Waals surface area contributed by atoms with Gasteiger partial charge in [-0.25, -0.2) is 4.79 Å².